The molecule has 1 atom stereocenters. The van der Waals surface area contributed by atoms with E-state index in [9.17, 15) is 4.79 Å². The number of rotatable bonds is 3. The van der Waals surface area contributed by atoms with E-state index in [2.05, 4.69) is 15.3 Å². The minimum absolute atomic E-state index is 0.105. The molecule has 2 heterocycles. The first-order chi connectivity index (χ1) is 8.10. The molecule has 0 spiro atoms. The van der Waals surface area contributed by atoms with Crippen molar-refractivity contribution in [3.05, 3.63) is 29.2 Å². The van der Waals surface area contributed by atoms with Crippen molar-refractivity contribution in [2.24, 2.45) is 0 Å². The molecule has 0 aliphatic heterocycles. The van der Waals surface area contributed by atoms with E-state index in [1.165, 1.54) is 0 Å². The van der Waals surface area contributed by atoms with Crippen LogP contribution in [0, 0.1) is 0 Å². The Labute approximate surface area is 104 Å². The Kier molecular flexibility index (Phi) is 3.33. The summed E-state index contributed by atoms with van der Waals surface area (Å²) in [5, 5.41) is 4.21. The Morgan fingerprint density at radius 2 is 2.35 bits per heavy atom. The molecule has 2 N–H and O–H groups in total. The van der Waals surface area contributed by atoms with Gasteiger partial charge < -0.3 is 10.3 Å². The highest BCUT2D eigenvalue weighted by Crippen LogP contribution is 2.17. The van der Waals surface area contributed by atoms with Crippen LogP contribution in [0.2, 0.25) is 5.15 Å². The first kappa shape index (κ1) is 11.9. The Balaban J connectivity index is 2.27. The SMILES string of the molecule is CCC(C)NC(=O)c1cc2cc(Cl)ncc2[nH]1. The van der Waals surface area contributed by atoms with Crippen LogP contribution in [0.15, 0.2) is 18.3 Å². The number of hydrogen-bond donors (Lipinski definition) is 2. The highest BCUT2D eigenvalue weighted by Gasteiger charge is 2.11. The second kappa shape index (κ2) is 4.75. The summed E-state index contributed by atoms with van der Waals surface area (Å²) in [4.78, 5) is 18.9. The molecule has 2 rings (SSSR count). The monoisotopic (exact) mass is 251 g/mol. The van der Waals surface area contributed by atoms with Crippen molar-refractivity contribution in [1.82, 2.24) is 15.3 Å². The average Bonchev–Trinajstić information content (AvgIpc) is 2.71. The largest absolute Gasteiger partial charge is 0.349 e. The van der Waals surface area contributed by atoms with Crippen molar-refractivity contribution >= 4 is 28.4 Å². The van der Waals surface area contributed by atoms with Crippen molar-refractivity contribution in [3.8, 4) is 0 Å². The normalized spacial score (nSPS) is 12.6. The van der Waals surface area contributed by atoms with Crippen LogP contribution in [0.1, 0.15) is 30.8 Å². The minimum Gasteiger partial charge on any atom is -0.349 e. The van der Waals surface area contributed by atoms with Gasteiger partial charge in [0.25, 0.3) is 5.91 Å². The number of nitrogens with zero attached hydrogens (tertiary/aromatic N) is 1. The van der Waals surface area contributed by atoms with Crippen LogP contribution in [0.25, 0.3) is 10.9 Å². The van der Waals surface area contributed by atoms with Crippen LogP contribution in [-0.2, 0) is 0 Å². The molecule has 5 heteroatoms. The van der Waals surface area contributed by atoms with Crippen LogP contribution < -0.4 is 5.32 Å². The number of fused-ring (bicyclic) bond motifs is 1. The number of amides is 1. The van der Waals surface area contributed by atoms with Gasteiger partial charge in [-0.25, -0.2) is 4.98 Å². The summed E-state index contributed by atoms with van der Waals surface area (Å²) in [5.41, 5.74) is 1.34. The zero-order chi connectivity index (χ0) is 12.4. The number of carbonyl (C=O) groups excluding carboxylic acids is 1. The average molecular weight is 252 g/mol. The first-order valence-corrected chi connectivity index (χ1v) is 5.93. The van der Waals surface area contributed by atoms with Gasteiger partial charge in [-0.2, -0.15) is 0 Å². The van der Waals surface area contributed by atoms with E-state index in [1.54, 1.807) is 18.3 Å². The third kappa shape index (κ3) is 2.58. The van der Waals surface area contributed by atoms with Gasteiger partial charge in [0.05, 0.1) is 11.7 Å². The molecule has 0 fully saturated rings. The number of pyridine rings is 1. The zero-order valence-electron chi connectivity index (χ0n) is 9.75. The van der Waals surface area contributed by atoms with Crippen LogP contribution in [-0.4, -0.2) is 21.9 Å². The molecule has 0 aliphatic rings. The number of aromatic nitrogens is 2. The van der Waals surface area contributed by atoms with Gasteiger partial charge in [-0.3, -0.25) is 4.79 Å². The Bertz CT molecular complexity index is 550. The summed E-state index contributed by atoms with van der Waals surface area (Å²) in [6, 6.07) is 3.67. The predicted octanol–water partition coefficient (Wildman–Crippen LogP) is 2.74. The lowest BCUT2D eigenvalue weighted by Crippen LogP contribution is -2.32. The van der Waals surface area contributed by atoms with Crippen molar-refractivity contribution in [2.45, 2.75) is 26.3 Å². The molecule has 0 radical (unpaired) electrons. The number of aromatic amines is 1. The Morgan fingerprint density at radius 1 is 1.59 bits per heavy atom. The van der Waals surface area contributed by atoms with Gasteiger partial charge in [-0.15, -0.1) is 0 Å². The number of halogens is 1. The highest BCUT2D eigenvalue weighted by molar-refractivity contribution is 6.30. The number of carbonyl (C=O) groups is 1. The third-order valence-corrected chi connectivity index (χ3v) is 2.91. The van der Waals surface area contributed by atoms with Crippen molar-refractivity contribution < 1.29 is 4.79 Å². The third-order valence-electron chi connectivity index (χ3n) is 2.71. The molecule has 0 aliphatic carbocycles. The molecule has 2 aromatic heterocycles. The summed E-state index contributed by atoms with van der Waals surface area (Å²) in [7, 11) is 0. The molecule has 1 amide bonds. The van der Waals surface area contributed by atoms with E-state index < -0.39 is 0 Å². The first-order valence-electron chi connectivity index (χ1n) is 5.55. The standard InChI is InChI=1S/C12H14ClN3O/c1-3-7(2)15-12(17)9-4-8-5-11(13)14-6-10(8)16-9/h4-7,16H,3H2,1-2H3,(H,15,17). The van der Waals surface area contributed by atoms with Gasteiger partial charge in [0.15, 0.2) is 0 Å². The summed E-state index contributed by atoms with van der Waals surface area (Å²) < 4.78 is 0. The van der Waals surface area contributed by atoms with Crippen molar-refractivity contribution in [1.29, 1.82) is 0 Å². The molecule has 0 saturated heterocycles. The number of nitrogens with one attached hydrogen (secondary N) is 2. The van der Waals surface area contributed by atoms with Gasteiger partial charge in [0.2, 0.25) is 0 Å². The van der Waals surface area contributed by atoms with Gasteiger partial charge in [0, 0.05) is 11.4 Å². The van der Waals surface area contributed by atoms with Crippen LogP contribution >= 0.6 is 11.6 Å². The molecule has 0 bridgehead atoms. The van der Waals surface area contributed by atoms with Gasteiger partial charge >= 0.3 is 0 Å². The lowest BCUT2D eigenvalue weighted by Gasteiger charge is -2.09. The quantitative estimate of drug-likeness (QED) is 0.824. The van der Waals surface area contributed by atoms with Crippen LogP contribution in [0.4, 0.5) is 0 Å². The van der Waals surface area contributed by atoms with Gasteiger partial charge in [0.1, 0.15) is 10.8 Å². The van der Waals surface area contributed by atoms with E-state index in [4.69, 9.17) is 11.6 Å². The molecule has 0 aromatic carbocycles. The smallest absolute Gasteiger partial charge is 0.267 e. The fraction of sp³-hybridized carbons (Fsp3) is 0.333. The molecular formula is C12H14ClN3O. The number of hydrogen-bond acceptors (Lipinski definition) is 2. The lowest BCUT2D eigenvalue weighted by atomic mass is 10.2. The van der Waals surface area contributed by atoms with Crippen molar-refractivity contribution in [3.63, 3.8) is 0 Å². The van der Waals surface area contributed by atoms with Gasteiger partial charge in [-0.05, 0) is 25.5 Å². The highest BCUT2D eigenvalue weighted by atomic mass is 35.5. The Hall–Kier alpha value is -1.55. The summed E-state index contributed by atoms with van der Waals surface area (Å²) in [6.07, 6.45) is 2.52. The molecule has 1 unspecified atom stereocenters. The minimum atomic E-state index is -0.105. The van der Waals surface area contributed by atoms with E-state index >= 15 is 0 Å². The fourth-order valence-corrected chi connectivity index (χ4v) is 1.70. The summed E-state index contributed by atoms with van der Waals surface area (Å²) in [6.45, 7) is 4.00. The number of H-pyrrole nitrogens is 1. The maximum Gasteiger partial charge on any atom is 0.267 e. The van der Waals surface area contributed by atoms with Crippen LogP contribution in [0.3, 0.4) is 0 Å². The topological polar surface area (TPSA) is 57.8 Å². The molecule has 90 valence electrons. The second-order valence-electron chi connectivity index (χ2n) is 4.06. The molecule has 0 saturated carbocycles. The maximum absolute atomic E-state index is 11.9. The van der Waals surface area contributed by atoms with Gasteiger partial charge in [-0.1, -0.05) is 18.5 Å². The second-order valence-corrected chi connectivity index (χ2v) is 4.45. The molecule has 17 heavy (non-hydrogen) atoms. The predicted molar refractivity (Wildman–Crippen MR) is 68.3 cm³/mol. The summed E-state index contributed by atoms with van der Waals surface area (Å²) in [5.74, 6) is -0.105. The van der Waals surface area contributed by atoms with E-state index in [0.29, 0.717) is 10.8 Å². The van der Waals surface area contributed by atoms with E-state index in [-0.39, 0.29) is 11.9 Å². The van der Waals surface area contributed by atoms with E-state index in [1.807, 2.05) is 13.8 Å². The van der Waals surface area contributed by atoms with Crippen LogP contribution in [0.5, 0.6) is 0 Å². The maximum atomic E-state index is 11.9. The molecule has 2 aromatic rings. The van der Waals surface area contributed by atoms with Crippen molar-refractivity contribution in [2.75, 3.05) is 0 Å². The Morgan fingerprint density at radius 3 is 3.06 bits per heavy atom. The fourth-order valence-electron chi connectivity index (χ4n) is 1.53. The zero-order valence-corrected chi connectivity index (χ0v) is 10.5. The summed E-state index contributed by atoms with van der Waals surface area (Å²) >= 11 is 5.79. The van der Waals surface area contributed by atoms with E-state index in [0.717, 1.165) is 17.3 Å². The lowest BCUT2D eigenvalue weighted by molar-refractivity contribution is 0.0935. The molecular weight excluding hydrogens is 238 g/mol. The molecule has 4 nitrogen and oxygen atoms in total.